The lowest BCUT2D eigenvalue weighted by Crippen LogP contribution is -2.43. The van der Waals surface area contributed by atoms with Crippen LogP contribution in [0, 0.1) is 6.92 Å². The summed E-state index contributed by atoms with van der Waals surface area (Å²) in [5, 5.41) is 6.19. The Morgan fingerprint density at radius 2 is 2.35 bits per heavy atom. The molecule has 6 heteroatoms. The Hall–Kier alpha value is -1.20. The fourth-order valence-electron chi connectivity index (χ4n) is 1.86. The van der Waals surface area contributed by atoms with E-state index in [2.05, 4.69) is 20.6 Å². The van der Waals surface area contributed by atoms with Crippen molar-refractivity contribution in [3.8, 4) is 0 Å². The van der Waals surface area contributed by atoms with Crippen LogP contribution in [0.5, 0.6) is 0 Å². The van der Waals surface area contributed by atoms with Gasteiger partial charge in [-0.05, 0) is 32.4 Å². The number of halogens is 1. The Labute approximate surface area is 105 Å². The van der Waals surface area contributed by atoms with Gasteiger partial charge in [-0.3, -0.25) is 10.1 Å². The molecule has 5 nitrogen and oxygen atoms in total. The molecule has 0 aliphatic carbocycles. The molecule has 2 rings (SSSR count). The van der Waals surface area contributed by atoms with Crippen molar-refractivity contribution in [3.05, 3.63) is 16.9 Å². The van der Waals surface area contributed by atoms with Gasteiger partial charge in [0.2, 0.25) is 11.9 Å². The van der Waals surface area contributed by atoms with Gasteiger partial charge in [0.15, 0.2) is 0 Å². The maximum absolute atomic E-state index is 11.9. The quantitative estimate of drug-likeness (QED) is 0.786. The van der Waals surface area contributed by atoms with Gasteiger partial charge in [0, 0.05) is 5.69 Å². The third-order valence-corrected chi connectivity index (χ3v) is 2.88. The average molecular weight is 255 g/mol. The second-order valence-electron chi connectivity index (χ2n) is 4.15. The first-order chi connectivity index (χ1) is 8.15. The first-order valence-corrected chi connectivity index (χ1v) is 6.08. The van der Waals surface area contributed by atoms with Gasteiger partial charge in [-0.25, -0.2) is 9.97 Å². The zero-order chi connectivity index (χ0) is 12.3. The van der Waals surface area contributed by atoms with Crippen molar-refractivity contribution in [2.45, 2.75) is 32.2 Å². The van der Waals surface area contributed by atoms with Gasteiger partial charge in [0.1, 0.15) is 5.15 Å². The molecule has 0 saturated carbocycles. The molecule has 1 fully saturated rings. The molecule has 1 amide bonds. The summed E-state index contributed by atoms with van der Waals surface area (Å²) in [4.78, 5) is 20.0. The summed E-state index contributed by atoms with van der Waals surface area (Å²) in [6.45, 7) is 2.69. The largest absolute Gasteiger partial charge is 0.306 e. The summed E-state index contributed by atoms with van der Waals surface area (Å²) in [7, 11) is 0. The van der Waals surface area contributed by atoms with Crippen molar-refractivity contribution < 1.29 is 4.79 Å². The number of rotatable bonds is 2. The Balaban J connectivity index is 2.01. The fourth-order valence-corrected chi connectivity index (χ4v) is 2.10. The van der Waals surface area contributed by atoms with E-state index in [0.29, 0.717) is 5.15 Å². The molecule has 0 radical (unpaired) electrons. The summed E-state index contributed by atoms with van der Waals surface area (Å²) < 4.78 is 0. The molecule has 1 aliphatic heterocycles. The number of aryl methyl sites for hydroxylation is 1. The van der Waals surface area contributed by atoms with Crippen molar-refractivity contribution in [2.75, 3.05) is 11.9 Å². The number of amides is 1. The second kappa shape index (κ2) is 5.42. The topological polar surface area (TPSA) is 66.9 Å². The van der Waals surface area contributed by atoms with Gasteiger partial charge >= 0.3 is 0 Å². The lowest BCUT2D eigenvalue weighted by atomic mass is 10.0. The van der Waals surface area contributed by atoms with Crippen LogP contribution in [-0.4, -0.2) is 28.5 Å². The molecule has 2 N–H and O–H groups in total. The monoisotopic (exact) mass is 254 g/mol. The minimum Gasteiger partial charge on any atom is -0.306 e. The van der Waals surface area contributed by atoms with Crippen LogP contribution in [0.25, 0.3) is 0 Å². The minimum absolute atomic E-state index is 0.0913. The number of piperidine rings is 1. The molecule has 1 aliphatic rings. The summed E-state index contributed by atoms with van der Waals surface area (Å²) in [5.74, 6) is 0.179. The summed E-state index contributed by atoms with van der Waals surface area (Å²) >= 11 is 5.80. The molecule has 1 saturated heterocycles. The highest BCUT2D eigenvalue weighted by Crippen LogP contribution is 2.12. The van der Waals surface area contributed by atoms with Crippen molar-refractivity contribution >= 4 is 23.5 Å². The van der Waals surface area contributed by atoms with E-state index < -0.39 is 0 Å². The summed E-state index contributed by atoms with van der Waals surface area (Å²) in [6, 6.07) is 1.50. The van der Waals surface area contributed by atoms with E-state index in [0.717, 1.165) is 31.5 Å². The lowest BCUT2D eigenvalue weighted by molar-refractivity contribution is -0.118. The third-order valence-electron chi connectivity index (χ3n) is 2.68. The van der Waals surface area contributed by atoms with E-state index in [-0.39, 0.29) is 17.9 Å². The maximum Gasteiger partial charge on any atom is 0.243 e. The standard InChI is InChI=1S/C11H15ClN4O/c1-7-6-9(12)15-11(14-7)16-10(17)8-4-2-3-5-13-8/h6,8,13H,2-5H2,1H3,(H,14,15,16,17). The molecular formula is C11H15ClN4O. The number of nitrogens with zero attached hydrogens (tertiary/aromatic N) is 2. The fraction of sp³-hybridized carbons (Fsp3) is 0.545. The Morgan fingerprint density at radius 1 is 1.53 bits per heavy atom. The van der Waals surface area contributed by atoms with Crippen LogP contribution in [0.15, 0.2) is 6.07 Å². The molecule has 1 aromatic rings. The van der Waals surface area contributed by atoms with E-state index >= 15 is 0 Å². The van der Waals surface area contributed by atoms with E-state index in [1.54, 1.807) is 6.07 Å². The van der Waals surface area contributed by atoms with E-state index in [4.69, 9.17) is 11.6 Å². The molecule has 1 unspecified atom stereocenters. The zero-order valence-electron chi connectivity index (χ0n) is 9.66. The molecule has 0 spiro atoms. The van der Waals surface area contributed by atoms with Gasteiger partial charge in [0.25, 0.3) is 0 Å². The molecular weight excluding hydrogens is 240 g/mol. The van der Waals surface area contributed by atoms with Crippen LogP contribution >= 0.6 is 11.6 Å². The smallest absolute Gasteiger partial charge is 0.243 e. The van der Waals surface area contributed by atoms with Crippen molar-refractivity contribution in [1.82, 2.24) is 15.3 Å². The van der Waals surface area contributed by atoms with E-state index in [1.807, 2.05) is 6.92 Å². The number of nitrogens with one attached hydrogen (secondary N) is 2. The Bertz CT molecular complexity index is 398. The first kappa shape index (κ1) is 12.3. The van der Waals surface area contributed by atoms with Gasteiger partial charge in [-0.15, -0.1) is 0 Å². The van der Waals surface area contributed by atoms with E-state index in [1.165, 1.54) is 0 Å². The Kier molecular flexibility index (Phi) is 3.91. The predicted molar refractivity (Wildman–Crippen MR) is 66.1 cm³/mol. The predicted octanol–water partition coefficient (Wildman–Crippen LogP) is 1.52. The summed E-state index contributed by atoms with van der Waals surface area (Å²) in [6.07, 6.45) is 3.04. The zero-order valence-corrected chi connectivity index (χ0v) is 10.4. The first-order valence-electron chi connectivity index (χ1n) is 5.70. The van der Waals surface area contributed by atoms with Gasteiger partial charge < -0.3 is 5.32 Å². The maximum atomic E-state index is 11.9. The van der Waals surface area contributed by atoms with Crippen LogP contribution in [0.3, 0.4) is 0 Å². The number of aromatic nitrogens is 2. The van der Waals surface area contributed by atoms with Gasteiger partial charge in [-0.2, -0.15) is 0 Å². The highest BCUT2D eigenvalue weighted by atomic mass is 35.5. The SMILES string of the molecule is Cc1cc(Cl)nc(NC(=O)C2CCCCN2)n1. The average Bonchev–Trinajstić information content (AvgIpc) is 2.28. The normalized spacial score (nSPS) is 20.0. The number of carbonyl (C=O) groups is 1. The Morgan fingerprint density at radius 3 is 3.00 bits per heavy atom. The van der Waals surface area contributed by atoms with Gasteiger partial charge in [0.05, 0.1) is 6.04 Å². The van der Waals surface area contributed by atoms with Gasteiger partial charge in [-0.1, -0.05) is 18.0 Å². The second-order valence-corrected chi connectivity index (χ2v) is 4.53. The highest BCUT2D eigenvalue weighted by Gasteiger charge is 2.21. The van der Waals surface area contributed by atoms with Crippen molar-refractivity contribution in [3.63, 3.8) is 0 Å². The molecule has 0 bridgehead atoms. The van der Waals surface area contributed by atoms with Crippen LogP contribution in [0.1, 0.15) is 25.0 Å². The third kappa shape index (κ3) is 3.38. The van der Waals surface area contributed by atoms with Crippen LogP contribution in [-0.2, 0) is 4.79 Å². The number of hydrogen-bond donors (Lipinski definition) is 2. The number of hydrogen-bond acceptors (Lipinski definition) is 4. The number of anilines is 1. The molecule has 1 aromatic heterocycles. The summed E-state index contributed by atoms with van der Waals surface area (Å²) in [5.41, 5.74) is 0.733. The molecule has 92 valence electrons. The molecule has 1 atom stereocenters. The van der Waals surface area contributed by atoms with Crippen molar-refractivity contribution in [2.24, 2.45) is 0 Å². The highest BCUT2D eigenvalue weighted by molar-refractivity contribution is 6.29. The van der Waals surface area contributed by atoms with Crippen molar-refractivity contribution in [1.29, 1.82) is 0 Å². The van der Waals surface area contributed by atoms with E-state index in [9.17, 15) is 4.79 Å². The lowest BCUT2D eigenvalue weighted by Gasteiger charge is -2.22. The minimum atomic E-state index is -0.147. The molecule has 2 heterocycles. The van der Waals surface area contributed by atoms with Crippen LogP contribution in [0.4, 0.5) is 5.95 Å². The van der Waals surface area contributed by atoms with Crippen LogP contribution < -0.4 is 10.6 Å². The molecule has 17 heavy (non-hydrogen) atoms. The molecule has 0 aromatic carbocycles. The van der Waals surface area contributed by atoms with Crippen LogP contribution in [0.2, 0.25) is 5.15 Å². The number of carbonyl (C=O) groups excluding carboxylic acids is 1.